The summed E-state index contributed by atoms with van der Waals surface area (Å²) in [6.07, 6.45) is 3.36. The zero-order valence-electron chi connectivity index (χ0n) is 13.4. The lowest BCUT2D eigenvalue weighted by Crippen LogP contribution is -2.41. The third kappa shape index (κ3) is 2.72. The minimum absolute atomic E-state index is 0.0272. The molecule has 0 radical (unpaired) electrons. The summed E-state index contributed by atoms with van der Waals surface area (Å²) in [5.41, 5.74) is 1.83. The van der Waals surface area contributed by atoms with Crippen LogP contribution >= 0.6 is 0 Å². The van der Waals surface area contributed by atoms with Gasteiger partial charge in [0.25, 0.3) is 0 Å². The highest BCUT2D eigenvalue weighted by Gasteiger charge is 2.32. The fourth-order valence-corrected chi connectivity index (χ4v) is 3.78. The van der Waals surface area contributed by atoms with E-state index in [1.807, 2.05) is 36.5 Å². The van der Waals surface area contributed by atoms with Crippen molar-refractivity contribution in [1.29, 1.82) is 0 Å². The number of hydrogen-bond donors (Lipinski definition) is 2. The van der Waals surface area contributed by atoms with Crippen LogP contribution in [0, 0.1) is 5.82 Å². The molecule has 0 aliphatic carbocycles. The van der Waals surface area contributed by atoms with Crippen molar-refractivity contribution < 1.29 is 9.50 Å². The zero-order valence-corrected chi connectivity index (χ0v) is 13.4. The minimum atomic E-state index is -0.620. The van der Waals surface area contributed by atoms with Crippen molar-refractivity contribution in [2.45, 2.75) is 31.0 Å². The molecule has 0 spiro atoms. The van der Waals surface area contributed by atoms with Gasteiger partial charge in [-0.15, -0.1) is 0 Å². The summed E-state index contributed by atoms with van der Waals surface area (Å²) in [6, 6.07) is 16.4. The highest BCUT2D eigenvalue weighted by atomic mass is 19.1. The van der Waals surface area contributed by atoms with Crippen LogP contribution in [0.25, 0.3) is 10.9 Å². The van der Waals surface area contributed by atoms with Crippen molar-refractivity contribution in [1.82, 2.24) is 9.88 Å². The number of halogens is 1. The number of para-hydroxylation sites is 1. The van der Waals surface area contributed by atoms with Crippen LogP contribution < -0.4 is 5.32 Å². The first-order chi connectivity index (χ1) is 11.7. The first-order valence-corrected chi connectivity index (χ1v) is 8.46. The number of aliphatic hydroxyl groups is 1. The molecule has 1 aliphatic rings. The molecule has 0 amide bonds. The Bertz CT molecular complexity index is 838. The van der Waals surface area contributed by atoms with Crippen LogP contribution in [-0.4, -0.2) is 28.4 Å². The van der Waals surface area contributed by atoms with E-state index in [1.165, 1.54) is 12.1 Å². The molecule has 1 aromatic heterocycles. The first kappa shape index (κ1) is 15.4. The molecule has 3 aromatic rings. The molecule has 4 heteroatoms. The number of nitrogens with one attached hydrogen (secondary N) is 1. The van der Waals surface area contributed by atoms with E-state index in [9.17, 15) is 9.50 Å². The Morgan fingerprint density at radius 1 is 1.12 bits per heavy atom. The van der Waals surface area contributed by atoms with Gasteiger partial charge in [-0.25, -0.2) is 4.39 Å². The standard InChI is InChI=1S/C20H21FN2O/c21-16-7-3-6-15(13-16)19(20(24)17-8-4-11-22-17)23-12-10-14-5-1-2-9-18(14)23/h1-3,5-7,9-10,12-13,17,19-20,22,24H,4,8,11H2/t17-,19?,20?/m0/s1. The molecule has 2 aromatic carbocycles. The highest BCUT2D eigenvalue weighted by molar-refractivity contribution is 5.80. The van der Waals surface area contributed by atoms with E-state index in [4.69, 9.17) is 0 Å². The van der Waals surface area contributed by atoms with Crippen molar-refractivity contribution in [2.24, 2.45) is 0 Å². The van der Waals surface area contributed by atoms with Gasteiger partial charge in [0, 0.05) is 17.8 Å². The molecule has 4 rings (SSSR count). The number of aliphatic hydroxyl groups excluding tert-OH is 1. The number of fused-ring (bicyclic) bond motifs is 1. The van der Waals surface area contributed by atoms with E-state index in [-0.39, 0.29) is 17.9 Å². The SMILES string of the molecule is OC(C(c1cccc(F)c1)n1ccc2ccccc21)[C@@H]1CCCN1. The summed E-state index contributed by atoms with van der Waals surface area (Å²) in [4.78, 5) is 0. The summed E-state index contributed by atoms with van der Waals surface area (Å²) >= 11 is 0. The second-order valence-electron chi connectivity index (χ2n) is 6.48. The molecule has 24 heavy (non-hydrogen) atoms. The maximum absolute atomic E-state index is 13.8. The van der Waals surface area contributed by atoms with Crippen LogP contribution in [0.15, 0.2) is 60.8 Å². The molecule has 1 saturated heterocycles. The van der Waals surface area contributed by atoms with Gasteiger partial charge in [0.15, 0.2) is 0 Å². The monoisotopic (exact) mass is 324 g/mol. The lowest BCUT2D eigenvalue weighted by molar-refractivity contribution is 0.0970. The van der Waals surface area contributed by atoms with Gasteiger partial charge in [-0.05, 0) is 54.6 Å². The van der Waals surface area contributed by atoms with Crippen molar-refractivity contribution in [3.8, 4) is 0 Å². The minimum Gasteiger partial charge on any atom is -0.389 e. The van der Waals surface area contributed by atoms with E-state index in [2.05, 4.69) is 16.0 Å². The first-order valence-electron chi connectivity index (χ1n) is 8.46. The van der Waals surface area contributed by atoms with Crippen LogP contribution in [0.3, 0.4) is 0 Å². The van der Waals surface area contributed by atoms with Gasteiger partial charge >= 0.3 is 0 Å². The van der Waals surface area contributed by atoms with E-state index < -0.39 is 6.10 Å². The number of aromatic nitrogens is 1. The molecule has 1 fully saturated rings. The van der Waals surface area contributed by atoms with Crippen molar-refractivity contribution >= 4 is 10.9 Å². The molecule has 2 N–H and O–H groups in total. The van der Waals surface area contributed by atoms with Gasteiger partial charge in [-0.1, -0.05) is 30.3 Å². The fourth-order valence-electron chi connectivity index (χ4n) is 3.78. The molecule has 2 heterocycles. The van der Waals surface area contributed by atoms with E-state index in [1.54, 1.807) is 6.07 Å². The predicted molar refractivity (Wildman–Crippen MR) is 93.5 cm³/mol. The average Bonchev–Trinajstić information content (AvgIpc) is 3.25. The maximum Gasteiger partial charge on any atom is 0.123 e. The predicted octanol–water partition coefficient (Wildman–Crippen LogP) is 3.48. The molecule has 0 saturated carbocycles. The summed E-state index contributed by atoms with van der Waals surface area (Å²) in [5.74, 6) is -0.277. The van der Waals surface area contributed by atoms with Crippen LogP contribution in [0.4, 0.5) is 4.39 Å². The van der Waals surface area contributed by atoms with Gasteiger partial charge in [0.1, 0.15) is 5.82 Å². The quantitative estimate of drug-likeness (QED) is 0.771. The Morgan fingerprint density at radius 3 is 2.79 bits per heavy atom. The molecule has 1 aliphatic heterocycles. The Kier molecular flexibility index (Phi) is 4.08. The highest BCUT2D eigenvalue weighted by Crippen LogP contribution is 2.31. The molecule has 3 atom stereocenters. The summed E-state index contributed by atoms with van der Waals surface area (Å²) < 4.78 is 15.9. The number of nitrogens with zero attached hydrogens (tertiary/aromatic N) is 1. The van der Waals surface area contributed by atoms with Crippen molar-refractivity contribution in [3.05, 3.63) is 72.2 Å². The number of rotatable bonds is 4. The third-order valence-electron chi connectivity index (χ3n) is 4.95. The Morgan fingerprint density at radius 2 is 2.00 bits per heavy atom. The largest absolute Gasteiger partial charge is 0.389 e. The van der Waals surface area contributed by atoms with E-state index in [0.29, 0.717) is 0 Å². The molecular formula is C20H21FN2O. The summed E-state index contributed by atoms with van der Waals surface area (Å²) in [7, 11) is 0. The van der Waals surface area contributed by atoms with Crippen LogP contribution in [0.1, 0.15) is 24.4 Å². The van der Waals surface area contributed by atoms with E-state index in [0.717, 1.165) is 35.9 Å². The summed E-state index contributed by atoms with van der Waals surface area (Å²) in [6.45, 7) is 0.921. The number of hydrogen-bond acceptors (Lipinski definition) is 2. The topological polar surface area (TPSA) is 37.2 Å². The lowest BCUT2D eigenvalue weighted by Gasteiger charge is -2.30. The lowest BCUT2D eigenvalue weighted by atomic mass is 9.94. The maximum atomic E-state index is 13.8. The third-order valence-corrected chi connectivity index (χ3v) is 4.95. The fraction of sp³-hybridized carbons (Fsp3) is 0.300. The Labute approximate surface area is 140 Å². The van der Waals surface area contributed by atoms with Crippen LogP contribution in [-0.2, 0) is 0 Å². The average molecular weight is 324 g/mol. The molecule has 2 unspecified atom stereocenters. The smallest absolute Gasteiger partial charge is 0.123 e. The molecule has 3 nitrogen and oxygen atoms in total. The molecule has 0 bridgehead atoms. The summed E-state index contributed by atoms with van der Waals surface area (Å²) in [5, 5.41) is 15.6. The van der Waals surface area contributed by atoms with Crippen LogP contribution in [0.2, 0.25) is 0 Å². The number of benzene rings is 2. The van der Waals surface area contributed by atoms with Gasteiger partial charge in [-0.2, -0.15) is 0 Å². The Balaban J connectivity index is 1.83. The second-order valence-corrected chi connectivity index (χ2v) is 6.48. The van der Waals surface area contributed by atoms with Crippen LogP contribution in [0.5, 0.6) is 0 Å². The van der Waals surface area contributed by atoms with E-state index >= 15 is 0 Å². The van der Waals surface area contributed by atoms with Crippen molar-refractivity contribution in [2.75, 3.05) is 6.54 Å². The second kappa shape index (κ2) is 6.38. The molecule has 124 valence electrons. The van der Waals surface area contributed by atoms with Crippen molar-refractivity contribution in [3.63, 3.8) is 0 Å². The zero-order chi connectivity index (χ0) is 16.5. The van der Waals surface area contributed by atoms with Gasteiger partial charge in [0.05, 0.1) is 12.1 Å². The Hall–Kier alpha value is -2.17. The van der Waals surface area contributed by atoms with Gasteiger partial charge < -0.3 is 15.0 Å². The molecular weight excluding hydrogens is 303 g/mol. The van der Waals surface area contributed by atoms with Gasteiger partial charge in [-0.3, -0.25) is 0 Å². The normalized spacial score (nSPS) is 20.3. The van der Waals surface area contributed by atoms with Gasteiger partial charge in [0.2, 0.25) is 0 Å².